The van der Waals surface area contributed by atoms with Crippen LogP contribution in [0.2, 0.25) is 0 Å². The van der Waals surface area contributed by atoms with E-state index in [4.69, 9.17) is 0 Å². The second-order valence-corrected chi connectivity index (χ2v) is 5.16. The molecule has 102 valence electrons. The van der Waals surface area contributed by atoms with Gasteiger partial charge >= 0.3 is 0 Å². The number of hydrogen-bond donors (Lipinski definition) is 1. The first-order valence-corrected chi connectivity index (χ1v) is 7.21. The van der Waals surface area contributed by atoms with Crippen molar-refractivity contribution in [2.24, 2.45) is 7.05 Å². The van der Waals surface area contributed by atoms with Gasteiger partial charge < -0.3 is 5.32 Å². The number of likely N-dealkylation sites (tertiary alicyclic amines) is 1. The molecule has 1 N–H and O–H groups in total. The van der Waals surface area contributed by atoms with E-state index in [1.165, 1.54) is 37.3 Å². The van der Waals surface area contributed by atoms with Crippen LogP contribution in [-0.2, 0) is 20.0 Å². The number of nitrogens with zero attached hydrogens (tertiary/aromatic N) is 3. The van der Waals surface area contributed by atoms with E-state index in [1.54, 1.807) is 0 Å². The topological polar surface area (TPSA) is 33.1 Å². The van der Waals surface area contributed by atoms with Crippen LogP contribution < -0.4 is 5.32 Å². The molecule has 0 spiro atoms. The van der Waals surface area contributed by atoms with E-state index in [1.807, 2.05) is 11.7 Å². The largest absolute Gasteiger partial charge is 0.310 e. The summed E-state index contributed by atoms with van der Waals surface area (Å²) in [6.07, 6.45) is 3.71. The maximum Gasteiger partial charge on any atom is 0.0625 e. The fourth-order valence-electron chi connectivity index (χ4n) is 2.82. The molecule has 4 heteroatoms. The Morgan fingerprint density at radius 3 is 2.94 bits per heavy atom. The lowest BCUT2D eigenvalue weighted by atomic mass is 10.2. The molecule has 18 heavy (non-hydrogen) atoms. The number of likely N-dealkylation sites (N-methyl/N-ethyl adjacent to an activating group) is 1. The number of rotatable bonds is 6. The first-order chi connectivity index (χ1) is 8.74. The number of hydrogen-bond acceptors (Lipinski definition) is 3. The van der Waals surface area contributed by atoms with Gasteiger partial charge in [0, 0.05) is 26.2 Å². The molecule has 0 aromatic carbocycles. The minimum absolute atomic E-state index is 0.730. The number of nitrogens with one attached hydrogen (secondary N) is 1. The summed E-state index contributed by atoms with van der Waals surface area (Å²) in [6.45, 7) is 8.88. The minimum Gasteiger partial charge on any atom is -0.310 e. The van der Waals surface area contributed by atoms with Crippen LogP contribution >= 0.6 is 0 Å². The molecular formula is C14H26N4. The molecule has 1 aromatic rings. The maximum absolute atomic E-state index is 4.48. The third-order valence-corrected chi connectivity index (χ3v) is 3.98. The summed E-state index contributed by atoms with van der Waals surface area (Å²) < 4.78 is 2.00. The van der Waals surface area contributed by atoms with Crippen molar-refractivity contribution in [3.05, 3.63) is 17.5 Å². The molecule has 0 saturated carbocycles. The predicted octanol–water partition coefficient (Wildman–Crippen LogP) is 1.56. The van der Waals surface area contributed by atoms with E-state index in [0.717, 1.165) is 25.6 Å². The summed E-state index contributed by atoms with van der Waals surface area (Å²) in [6, 6.07) is 2.94. The summed E-state index contributed by atoms with van der Waals surface area (Å²) in [5, 5.41) is 8.06. The highest BCUT2D eigenvalue weighted by molar-refractivity contribution is 5.09. The Morgan fingerprint density at radius 1 is 1.44 bits per heavy atom. The first kappa shape index (κ1) is 13.6. The lowest BCUT2D eigenvalue weighted by Gasteiger charge is -2.22. The third-order valence-electron chi connectivity index (χ3n) is 3.98. The molecule has 1 aliphatic heterocycles. The molecule has 2 rings (SSSR count). The Bertz CT molecular complexity index is 372. The molecule has 1 unspecified atom stereocenters. The van der Waals surface area contributed by atoms with Crippen LogP contribution in [0, 0.1) is 0 Å². The standard InChI is InChI=1S/C14H26N4/c1-4-12-9-14(17(3)16-12)11-15-10-13-7-6-8-18(13)5-2/h9,13,15H,4-8,10-11H2,1-3H3. The average Bonchev–Trinajstić information content (AvgIpc) is 2.96. The first-order valence-electron chi connectivity index (χ1n) is 7.21. The summed E-state index contributed by atoms with van der Waals surface area (Å²) in [5.41, 5.74) is 2.47. The molecule has 1 fully saturated rings. The van der Waals surface area contributed by atoms with Gasteiger partial charge in [-0.3, -0.25) is 9.58 Å². The molecule has 0 aliphatic carbocycles. The second-order valence-electron chi connectivity index (χ2n) is 5.16. The van der Waals surface area contributed by atoms with Crippen LogP contribution in [0.15, 0.2) is 6.07 Å². The van der Waals surface area contributed by atoms with Crippen molar-refractivity contribution < 1.29 is 0 Å². The fraction of sp³-hybridized carbons (Fsp3) is 0.786. The number of aromatic nitrogens is 2. The summed E-state index contributed by atoms with van der Waals surface area (Å²) in [5.74, 6) is 0. The summed E-state index contributed by atoms with van der Waals surface area (Å²) >= 11 is 0. The fourth-order valence-corrected chi connectivity index (χ4v) is 2.82. The Hall–Kier alpha value is -0.870. The minimum atomic E-state index is 0.730. The molecule has 0 radical (unpaired) electrons. The average molecular weight is 250 g/mol. The van der Waals surface area contributed by atoms with E-state index in [9.17, 15) is 0 Å². The zero-order valence-corrected chi connectivity index (χ0v) is 11.9. The van der Waals surface area contributed by atoms with Crippen molar-refractivity contribution in [3.63, 3.8) is 0 Å². The van der Waals surface area contributed by atoms with Crippen molar-refractivity contribution in [2.75, 3.05) is 19.6 Å². The molecule has 1 saturated heterocycles. The van der Waals surface area contributed by atoms with Crippen molar-refractivity contribution in [2.45, 2.75) is 45.7 Å². The SMILES string of the molecule is CCc1cc(CNCC2CCCN2CC)n(C)n1. The van der Waals surface area contributed by atoms with Gasteiger partial charge in [-0.2, -0.15) is 5.10 Å². The molecule has 1 aliphatic rings. The highest BCUT2D eigenvalue weighted by atomic mass is 15.3. The Morgan fingerprint density at radius 2 is 2.28 bits per heavy atom. The van der Waals surface area contributed by atoms with Crippen LogP contribution in [0.5, 0.6) is 0 Å². The highest BCUT2D eigenvalue weighted by Crippen LogP contribution is 2.15. The highest BCUT2D eigenvalue weighted by Gasteiger charge is 2.22. The van der Waals surface area contributed by atoms with Crippen LogP contribution in [0.4, 0.5) is 0 Å². The predicted molar refractivity (Wildman–Crippen MR) is 74.6 cm³/mol. The van der Waals surface area contributed by atoms with Gasteiger partial charge in [0.15, 0.2) is 0 Å². The lowest BCUT2D eigenvalue weighted by molar-refractivity contribution is 0.259. The van der Waals surface area contributed by atoms with Gasteiger partial charge in [-0.05, 0) is 38.4 Å². The molecule has 1 atom stereocenters. The van der Waals surface area contributed by atoms with Crippen LogP contribution in [-0.4, -0.2) is 40.4 Å². The zero-order valence-electron chi connectivity index (χ0n) is 11.9. The smallest absolute Gasteiger partial charge is 0.0625 e. The summed E-state index contributed by atoms with van der Waals surface area (Å²) in [4.78, 5) is 2.58. The molecule has 2 heterocycles. The van der Waals surface area contributed by atoms with Gasteiger partial charge in [-0.25, -0.2) is 0 Å². The van der Waals surface area contributed by atoms with E-state index in [-0.39, 0.29) is 0 Å². The summed E-state index contributed by atoms with van der Waals surface area (Å²) in [7, 11) is 2.03. The van der Waals surface area contributed by atoms with Crippen molar-refractivity contribution in [1.82, 2.24) is 20.0 Å². The van der Waals surface area contributed by atoms with Crippen LogP contribution in [0.1, 0.15) is 38.1 Å². The second kappa shape index (κ2) is 6.34. The lowest BCUT2D eigenvalue weighted by Crippen LogP contribution is -2.37. The Balaban J connectivity index is 1.79. The Kier molecular flexibility index (Phi) is 4.78. The van der Waals surface area contributed by atoms with Crippen molar-refractivity contribution in [3.8, 4) is 0 Å². The molecule has 4 nitrogen and oxygen atoms in total. The van der Waals surface area contributed by atoms with Gasteiger partial charge in [-0.1, -0.05) is 13.8 Å². The molecule has 0 amide bonds. The van der Waals surface area contributed by atoms with Crippen molar-refractivity contribution >= 4 is 0 Å². The zero-order chi connectivity index (χ0) is 13.0. The third kappa shape index (κ3) is 3.12. The van der Waals surface area contributed by atoms with Crippen LogP contribution in [0.3, 0.4) is 0 Å². The molecule has 1 aromatic heterocycles. The monoisotopic (exact) mass is 250 g/mol. The molecule has 0 bridgehead atoms. The van der Waals surface area contributed by atoms with Crippen LogP contribution in [0.25, 0.3) is 0 Å². The van der Waals surface area contributed by atoms with E-state index in [0.29, 0.717) is 0 Å². The van der Waals surface area contributed by atoms with E-state index in [2.05, 4.69) is 35.2 Å². The van der Waals surface area contributed by atoms with Gasteiger partial charge in [0.05, 0.1) is 11.4 Å². The molecular weight excluding hydrogens is 224 g/mol. The van der Waals surface area contributed by atoms with E-state index < -0.39 is 0 Å². The normalized spacial score (nSPS) is 20.7. The van der Waals surface area contributed by atoms with Gasteiger partial charge in [0.25, 0.3) is 0 Å². The van der Waals surface area contributed by atoms with Gasteiger partial charge in [0.2, 0.25) is 0 Å². The van der Waals surface area contributed by atoms with Gasteiger partial charge in [0.1, 0.15) is 0 Å². The van der Waals surface area contributed by atoms with Crippen molar-refractivity contribution in [1.29, 1.82) is 0 Å². The number of aryl methyl sites for hydroxylation is 2. The Labute approximate surface area is 110 Å². The quantitative estimate of drug-likeness (QED) is 0.831. The van der Waals surface area contributed by atoms with Gasteiger partial charge in [-0.15, -0.1) is 0 Å². The maximum atomic E-state index is 4.48. The van der Waals surface area contributed by atoms with E-state index >= 15 is 0 Å².